The summed E-state index contributed by atoms with van der Waals surface area (Å²) in [6.45, 7) is 0. The maximum atomic E-state index is 13.1. The van der Waals surface area contributed by atoms with Crippen molar-refractivity contribution in [2.45, 2.75) is 23.8 Å². The quantitative estimate of drug-likeness (QED) is 0.364. The first-order chi connectivity index (χ1) is 16.1. The molecule has 2 heterocycles. The van der Waals surface area contributed by atoms with Crippen LogP contribution in [0.5, 0.6) is 0 Å². The number of halogens is 1. The van der Waals surface area contributed by atoms with Crippen LogP contribution in [0, 0.1) is 5.82 Å². The minimum atomic E-state index is -3.72. The lowest BCUT2D eigenvalue weighted by molar-refractivity contribution is 0.332. The van der Waals surface area contributed by atoms with E-state index >= 15 is 0 Å². The number of hydrogen-bond acceptors (Lipinski definition) is 8. The number of sulfonamides is 1. The van der Waals surface area contributed by atoms with E-state index in [9.17, 15) is 21.9 Å². The third kappa shape index (κ3) is 5.83. The lowest BCUT2D eigenvalue weighted by Crippen LogP contribution is -2.41. The van der Waals surface area contributed by atoms with Crippen molar-refractivity contribution < 1.29 is 21.9 Å². The summed E-state index contributed by atoms with van der Waals surface area (Å²) in [5, 5.41) is 6.10. The first-order valence-corrected chi connectivity index (χ1v) is 13.9. The normalized spacial score (nSPS) is 17.3. The maximum Gasteiger partial charge on any atom is 0.243 e. The summed E-state index contributed by atoms with van der Waals surface area (Å²) in [4.78, 5) is 8.66. The van der Waals surface area contributed by atoms with Crippen molar-refractivity contribution in [1.29, 1.82) is 0 Å². The van der Waals surface area contributed by atoms with Gasteiger partial charge in [-0.05, 0) is 67.4 Å². The van der Waals surface area contributed by atoms with Gasteiger partial charge in [-0.1, -0.05) is 0 Å². The molecule has 0 spiro atoms. The van der Waals surface area contributed by atoms with Gasteiger partial charge in [0.15, 0.2) is 0 Å². The number of anilines is 4. The van der Waals surface area contributed by atoms with Crippen LogP contribution in [-0.2, 0) is 10.0 Å². The standard InChI is InChI=1S/C22H26FN5O4S2/c1-28(19-11-14-33(29,30)15-12-19)34(31,32)20-8-6-17(7-9-20)25-21-10-13-24-22(27-21)26-18-4-2-16(23)3-5-18/h2-10,13,19,29-30H,11-12,14-15H2,1H3,(H2,24,25,26,27). The number of benzene rings is 2. The van der Waals surface area contributed by atoms with Crippen LogP contribution in [0.4, 0.5) is 27.5 Å². The molecule has 1 aliphatic rings. The Hall–Kier alpha value is -2.77. The van der Waals surface area contributed by atoms with Gasteiger partial charge in [0.25, 0.3) is 0 Å². The van der Waals surface area contributed by atoms with E-state index in [4.69, 9.17) is 0 Å². The molecule has 0 radical (unpaired) electrons. The average molecular weight is 508 g/mol. The van der Waals surface area contributed by atoms with Crippen LogP contribution in [0.2, 0.25) is 0 Å². The molecule has 0 saturated carbocycles. The molecule has 3 aromatic rings. The van der Waals surface area contributed by atoms with Gasteiger partial charge in [0.2, 0.25) is 16.0 Å². The minimum absolute atomic E-state index is 0.152. The Bertz CT molecular complexity index is 1230. The second kappa shape index (κ2) is 9.84. The van der Waals surface area contributed by atoms with E-state index in [1.54, 1.807) is 36.5 Å². The van der Waals surface area contributed by atoms with E-state index in [-0.39, 0.29) is 28.3 Å². The first kappa shape index (κ1) is 24.4. The predicted octanol–water partition coefficient (Wildman–Crippen LogP) is 4.64. The maximum absolute atomic E-state index is 13.1. The van der Waals surface area contributed by atoms with Gasteiger partial charge in [-0.3, -0.25) is 9.11 Å². The highest BCUT2D eigenvalue weighted by Gasteiger charge is 2.33. The molecule has 2 aromatic carbocycles. The highest BCUT2D eigenvalue weighted by molar-refractivity contribution is 8.24. The molecular weight excluding hydrogens is 481 g/mol. The van der Waals surface area contributed by atoms with Gasteiger partial charge in [-0.25, -0.2) is 17.8 Å². The lowest BCUT2D eigenvalue weighted by atomic mass is 10.2. The SMILES string of the molecule is CN(C1CCS(O)(O)CC1)S(=O)(=O)c1ccc(Nc2ccnc(Nc3ccc(F)cc3)n2)cc1. The van der Waals surface area contributed by atoms with Crippen LogP contribution < -0.4 is 10.6 Å². The molecule has 4 rings (SSSR count). The van der Waals surface area contributed by atoms with Gasteiger partial charge in [0.05, 0.1) is 4.90 Å². The molecule has 0 amide bonds. The fourth-order valence-corrected chi connectivity index (χ4v) is 6.55. The molecule has 0 aliphatic carbocycles. The topological polar surface area (TPSA) is 128 Å². The monoisotopic (exact) mass is 507 g/mol. The number of aromatic nitrogens is 2. The zero-order valence-electron chi connectivity index (χ0n) is 18.4. The molecule has 34 heavy (non-hydrogen) atoms. The minimum Gasteiger partial charge on any atom is -0.340 e. The van der Waals surface area contributed by atoms with Crippen molar-refractivity contribution in [3.05, 3.63) is 66.6 Å². The van der Waals surface area contributed by atoms with E-state index in [0.29, 0.717) is 36.0 Å². The lowest BCUT2D eigenvalue weighted by Gasteiger charge is -2.41. The molecule has 1 fully saturated rings. The van der Waals surface area contributed by atoms with Gasteiger partial charge >= 0.3 is 0 Å². The Balaban J connectivity index is 1.42. The molecule has 9 nitrogen and oxygen atoms in total. The molecule has 0 atom stereocenters. The van der Waals surface area contributed by atoms with E-state index in [2.05, 4.69) is 20.6 Å². The Kier molecular flexibility index (Phi) is 7.05. The summed E-state index contributed by atoms with van der Waals surface area (Å²) in [6.07, 6.45) is 2.40. The molecular formula is C22H26FN5O4S2. The van der Waals surface area contributed by atoms with Gasteiger partial charge in [-0.2, -0.15) is 19.9 Å². The smallest absolute Gasteiger partial charge is 0.243 e. The number of nitrogens with zero attached hydrogens (tertiary/aromatic N) is 3. The molecule has 0 unspecified atom stereocenters. The van der Waals surface area contributed by atoms with E-state index in [1.165, 1.54) is 35.6 Å². The van der Waals surface area contributed by atoms with Crippen molar-refractivity contribution in [1.82, 2.24) is 14.3 Å². The summed E-state index contributed by atoms with van der Waals surface area (Å²) >= 11 is 0. The largest absolute Gasteiger partial charge is 0.340 e. The number of rotatable bonds is 7. The van der Waals surface area contributed by atoms with Crippen LogP contribution >= 0.6 is 10.6 Å². The summed E-state index contributed by atoms with van der Waals surface area (Å²) < 4.78 is 60.0. The Morgan fingerprint density at radius 1 is 0.971 bits per heavy atom. The highest BCUT2D eigenvalue weighted by Crippen LogP contribution is 2.45. The number of nitrogens with one attached hydrogen (secondary N) is 2. The summed E-state index contributed by atoms with van der Waals surface area (Å²) in [7, 11) is -4.77. The fourth-order valence-electron chi connectivity index (χ4n) is 3.63. The third-order valence-corrected chi connectivity index (χ3v) is 9.33. The average Bonchev–Trinajstić information content (AvgIpc) is 2.81. The summed E-state index contributed by atoms with van der Waals surface area (Å²) in [6, 6.07) is 13.5. The summed E-state index contributed by atoms with van der Waals surface area (Å²) in [5.41, 5.74) is 1.28. The molecule has 1 aromatic heterocycles. The van der Waals surface area contributed by atoms with E-state index in [0.717, 1.165) is 0 Å². The molecule has 12 heteroatoms. The molecule has 0 bridgehead atoms. The van der Waals surface area contributed by atoms with Crippen molar-refractivity contribution in [2.75, 3.05) is 29.2 Å². The second-order valence-electron chi connectivity index (χ2n) is 8.01. The Labute approximate surface area is 199 Å². The molecule has 1 saturated heterocycles. The zero-order chi connectivity index (χ0) is 24.3. The van der Waals surface area contributed by atoms with Crippen molar-refractivity contribution in [3.63, 3.8) is 0 Å². The Morgan fingerprint density at radius 2 is 1.56 bits per heavy atom. The van der Waals surface area contributed by atoms with Crippen LogP contribution in [-0.4, -0.2) is 56.4 Å². The molecule has 4 N–H and O–H groups in total. The van der Waals surface area contributed by atoms with Gasteiger partial charge in [0.1, 0.15) is 11.6 Å². The van der Waals surface area contributed by atoms with Crippen LogP contribution in [0.25, 0.3) is 0 Å². The van der Waals surface area contributed by atoms with E-state index in [1.807, 2.05) is 0 Å². The first-order valence-electron chi connectivity index (χ1n) is 10.6. The second-order valence-corrected chi connectivity index (χ2v) is 12.4. The third-order valence-electron chi connectivity index (χ3n) is 5.63. The van der Waals surface area contributed by atoms with Crippen LogP contribution in [0.1, 0.15) is 12.8 Å². The molecule has 182 valence electrons. The van der Waals surface area contributed by atoms with E-state index < -0.39 is 20.6 Å². The number of hydrogen-bond donors (Lipinski definition) is 4. The predicted molar refractivity (Wildman–Crippen MR) is 132 cm³/mol. The highest BCUT2D eigenvalue weighted by atomic mass is 32.3. The fraction of sp³-hybridized carbons (Fsp3) is 0.273. The molecule has 1 aliphatic heterocycles. The summed E-state index contributed by atoms with van der Waals surface area (Å²) in [5.74, 6) is 0.917. The Morgan fingerprint density at radius 3 is 2.21 bits per heavy atom. The van der Waals surface area contributed by atoms with Crippen molar-refractivity contribution >= 4 is 43.8 Å². The van der Waals surface area contributed by atoms with Crippen molar-refractivity contribution in [3.8, 4) is 0 Å². The van der Waals surface area contributed by atoms with Gasteiger partial charge in [0, 0.05) is 42.2 Å². The van der Waals surface area contributed by atoms with Gasteiger partial charge in [-0.15, -0.1) is 0 Å². The van der Waals surface area contributed by atoms with Gasteiger partial charge < -0.3 is 10.6 Å². The van der Waals surface area contributed by atoms with Crippen molar-refractivity contribution in [2.24, 2.45) is 0 Å². The van der Waals surface area contributed by atoms with Crippen LogP contribution in [0.3, 0.4) is 0 Å². The van der Waals surface area contributed by atoms with Crippen LogP contribution in [0.15, 0.2) is 65.7 Å². The zero-order valence-corrected chi connectivity index (χ0v) is 20.1.